The van der Waals surface area contributed by atoms with Gasteiger partial charge in [0.05, 0.1) is 23.3 Å². The van der Waals surface area contributed by atoms with Gasteiger partial charge in [0.2, 0.25) is 0 Å². The molecule has 0 aliphatic carbocycles. The van der Waals surface area contributed by atoms with Crippen LogP contribution in [0.2, 0.25) is 0 Å². The Kier molecular flexibility index (Phi) is 8.98. The first-order valence-electron chi connectivity index (χ1n) is 14.9. The van der Waals surface area contributed by atoms with E-state index in [1.807, 2.05) is 58.5 Å². The van der Waals surface area contributed by atoms with Crippen molar-refractivity contribution in [3.63, 3.8) is 0 Å². The van der Waals surface area contributed by atoms with Gasteiger partial charge in [0.1, 0.15) is 23.1 Å². The Labute approximate surface area is 261 Å². The molecule has 0 unspecified atom stereocenters. The van der Waals surface area contributed by atoms with Crippen LogP contribution >= 0.6 is 0 Å². The van der Waals surface area contributed by atoms with Crippen LogP contribution in [0.25, 0.3) is 28.0 Å². The molecule has 4 heterocycles. The average molecular weight is 614 g/mol. The molecule has 3 aromatic heterocycles. The predicted molar refractivity (Wildman–Crippen MR) is 171 cm³/mol. The van der Waals surface area contributed by atoms with Crippen molar-refractivity contribution in [2.45, 2.75) is 52.6 Å². The van der Waals surface area contributed by atoms with Gasteiger partial charge in [-0.2, -0.15) is 4.98 Å². The number of benzene rings is 1. The standard InChI is InChI=1S/C34H37F2N7O2/c1-20(2)29-31(21(3)14-15-37-29)43-33-25(17-27(36)30(38-33)24-11-8-9-12-26(24)35)32(39-34(43)45)42-19-22(4)41(18-23(42)5)28(44)13-10-16-40(6)7/h8-9,11-12,14-15,17,20,22-23H,16,18-19H2,1-7H3/t22-,23+/m1/s1. The van der Waals surface area contributed by atoms with Gasteiger partial charge in [-0.15, -0.1) is 0 Å². The quantitative estimate of drug-likeness (QED) is 0.306. The second-order valence-electron chi connectivity index (χ2n) is 12.1. The number of hydrogen-bond donors (Lipinski definition) is 0. The molecular weight excluding hydrogens is 576 g/mol. The molecular formula is C34H37F2N7O2. The van der Waals surface area contributed by atoms with Gasteiger partial charge in [-0.05, 0) is 76.5 Å². The number of nitrogens with zero attached hydrogens (tertiary/aromatic N) is 7. The summed E-state index contributed by atoms with van der Waals surface area (Å²) in [6.07, 6.45) is 1.68. The molecule has 1 amide bonds. The van der Waals surface area contributed by atoms with E-state index in [2.05, 4.69) is 26.8 Å². The van der Waals surface area contributed by atoms with Crippen LogP contribution in [0.3, 0.4) is 0 Å². The normalized spacial score (nSPS) is 16.8. The molecule has 234 valence electrons. The van der Waals surface area contributed by atoms with Gasteiger partial charge in [0, 0.05) is 36.9 Å². The van der Waals surface area contributed by atoms with E-state index in [1.54, 1.807) is 23.2 Å². The predicted octanol–water partition coefficient (Wildman–Crippen LogP) is 4.54. The van der Waals surface area contributed by atoms with Crippen molar-refractivity contribution in [3.05, 3.63) is 76.0 Å². The average Bonchev–Trinajstić information content (AvgIpc) is 2.98. The van der Waals surface area contributed by atoms with Crippen molar-refractivity contribution < 1.29 is 13.6 Å². The zero-order valence-corrected chi connectivity index (χ0v) is 26.6. The summed E-state index contributed by atoms with van der Waals surface area (Å²) in [5.74, 6) is 4.14. The molecule has 5 rings (SSSR count). The lowest BCUT2D eigenvalue weighted by Gasteiger charge is -2.44. The summed E-state index contributed by atoms with van der Waals surface area (Å²) in [6.45, 7) is 10.7. The minimum atomic E-state index is -0.751. The first-order chi connectivity index (χ1) is 21.4. The van der Waals surface area contributed by atoms with Crippen LogP contribution < -0.4 is 10.6 Å². The number of fused-ring (bicyclic) bond motifs is 1. The Morgan fingerprint density at radius 3 is 2.49 bits per heavy atom. The molecule has 4 aromatic rings. The SMILES string of the molecule is Cc1ccnc(C(C)C)c1-n1c(=O)nc(N2C[C@@H](C)N(C(=O)C#CCN(C)C)C[C@@H]2C)c2cc(F)c(-c3ccccc3F)nc21. The number of aryl methyl sites for hydroxylation is 1. The number of halogens is 2. The Hall–Kier alpha value is -4.69. The van der Waals surface area contributed by atoms with Crippen LogP contribution in [-0.2, 0) is 4.79 Å². The van der Waals surface area contributed by atoms with Crippen LogP contribution in [0.5, 0.6) is 0 Å². The topological polar surface area (TPSA) is 87.5 Å². The number of carbonyl (C=O) groups excluding carboxylic acids is 1. The maximum Gasteiger partial charge on any atom is 0.355 e. The number of anilines is 1. The largest absolute Gasteiger partial charge is 0.355 e. The van der Waals surface area contributed by atoms with Gasteiger partial charge >= 0.3 is 5.69 Å². The molecule has 1 fully saturated rings. The van der Waals surface area contributed by atoms with E-state index in [4.69, 9.17) is 0 Å². The van der Waals surface area contributed by atoms with Gasteiger partial charge in [-0.25, -0.2) is 23.1 Å². The third-order valence-corrected chi connectivity index (χ3v) is 7.96. The van der Waals surface area contributed by atoms with E-state index in [0.717, 1.165) is 5.56 Å². The number of carbonyl (C=O) groups is 1. The molecule has 1 aromatic carbocycles. The van der Waals surface area contributed by atoms with Crippen molar-refractivity contribution in [1.29, 1.82) is 0 Å². The Morgan fingerprint density at radius 1 is 1.07 bits per heavy atom. The molecule has 2 atom stereocenters. The van der Waals surface area contributed by atoms with Crippen LogP contribution in [0.4, 0.5) is 14.6 Å². The highest BCUT2D eigenvalue weighted by Gasteiger charge is 2.34. The zero-order chi connectivity index (χ0) is 32.6. The summed E-state index contributed by atoms with van der Waals surface area (Å²) in [6, 6.07) is 8.31. The lowest BCUT2D eigenvalue weighted by molar-refractivity contribution is -0.127. The third-order valence-electron chi connectivity index (χ3n) is 7.96. The second kappa shape index (κ2) is 12.7. The van der Waals surface area contributed by atoms with Crippen molar-refractivity contribution in [2.24, 2.45) is 0 Å². The molecule has 0 radical (unpaired) electrons. The number of hydrogen-bond acceptors (Lipinski definition) is 7. The number of piperazine rings is 1. The number of pyridine rings is 2. The molecule has 1 aliphatic heterocycles. The highest BCUT2D eigenvalue weighted by molar-refractivity contribution is 5.94. The number of amides is 1. The molecule has 0 bridgehead atoms. The Bertz CT molecular complexity index is 1890. The first kappa shape index (κ1) is 31.7. The summed E-state index contributed by atoms with van der Waals surface area (Å²) in [5, 5.41) is 0.287. The summed E-state index contributed by atoms with van der Waals surface area (Å²) >= 11 is 0. The molecule has 0 N–H and O–H groups in total. The number of aromatic nitrogens is 4. The van der Waals surface area contributed by atoms with Crippen LogP contribution in [0.15, 0.2) is 47.4 Å². The maximum absolute atomic E-state index is 15.9. The Morgan fingerprint density at radius 2 is 1.80 bits per heavy atom. The van der Waals surface area contributed by atoms with E-state index in [1.165, 1.54) is 28.8 Å². The van der Waals surface area contributed by atoms with Crippen molar-refractivity contribution >= 4 is 22.8 Å². The minimum Gasteiger partial charge on any atom is -0.349 e. The first-order valence-corrected chi connectivity index (χ1v) is 14.9. The Balaban J connectivity index is 1.71. The van der Waals surface area contributed by atoms with Gasteiger partial charge in [-0.1, -0.05) is 31.9 Å². The van der Waals surface area contributed by atoms with Crippen LogP contribution in [-0.4, -0.2) is 81.0 Å². The summed E-state index contributed by atoms with van der Waals surface area (Å²) < 4.78 is 32.2. The molecule has 0 saturated carbocycles. The summed E-state index contributed by atoms with van der Waals surface area (Å²) in [7, 11) is 3.76. The lowest BCUT2D eigenvalue weighted by atomic mass is 10.0. The van der Waals surface area contributed by atoms with Crippen LogP contribution in [0.1, 0.15) is 44.9 Å². The van der Waals surface area contributed by atoms with Crippen molar-refractivity contribution in [3.8, 4) is 28.8 Å². The van der Waals surface area contributed by atoms with Gasteiger partial charge in [0.25, 0.3) is 5.91 Å². The third kappa shape index (κ3) is 6.15. The maximum atomic E-state index is 15.9. The zero-order valence-electron chi connectivity index (χ0n) is 26.6. The van der Waals surface area contributed by atoms with E-state index in [-0.39, 0.29) is 52.0 Å². The van der Waals surface area contributed by atoms with E-state index in [9.17, 15) is 14.0 Å². The smallest absolute Gasteiger partial charge is 0.349 e. The molecule has 1 saturated heterocycles. The van der Waals surface area contributed by atoms with E-state index >= 15 is 4.39 Å². The van der Waals surface area contributed by atoms with Crippen molar-refractivity contribution in [1.82, 2.24) is 29.3 Å². The molecule has 11 heteroatoms. The highest BCUT2D eigenvalue weighted by Crippen LogP contribution is 2.34. The fourth-order valence-corrected chi connectivity index (χ4v) is 5.70. The van der Waals surface area contributed by atoms with E-state index < -0.39 is 17.3 Å². The fourth-order valence-electron chi connectivity index (χ4n) is 5.70. The number of rotatable bonds is 5. The minimum absolute atomic E-state index is 0.0225. The lowest BCUT2D eigenvalue weighted by Crippen LogP contribution is -2.58. The summed E-state index contributed by atoms with van der Waals surface area (Å²) in [5.41, 5.74) is 1.19. The monoisotopic (exact) mass is 613 g/mol. The summed E-state index contributed by atoms with van der Waals surface area (Å²) in [4.78, 5) is 46.2. The second-order valence-corrected chi connectivity index (χ2v) is 12.1. The molecule has 1 aliphatic rings. The van der Waals surface area contributed by atoms with Gasteiger partial charge in [-0.3, -0.25) is 14.7 Å². The molecule has 9 nitrogen and oxygen atoms in total. The molecule has 0 spiro atoms. The van der Waals surface area contributed by atoms with Crippen molar-refractivity contribution in [2.75, 3.05) is 38.6 Å². The van der Waals surface area contributed by atoms with Gasteiger partial charge < -0.3 is 9.80 Å². The fraction of sp³-hybridized carbons (Fsp3) is 0.382. The highest BCUT2D eigenvalue weighted by atomic mass is 19.1. The molecule has 45 heavy (non-hydrogen) atoms. The van der Waals surface area contributed by atoms with Gasteiger partial charge in [0.15, 0.2) is 5.65 Å². The van der Waals surface area contributed by atoms with E-state index in [0.29, 0.717) is 31.0 Å². The van der Waals surface area contributed by atoms with Crippen LogP contribution in [0, 0.1) is 30.4 Å².